The number of carbonyl (C=O) groups is 1. The van der Waals surface area contributed by atoms with Gasteiger partial charge in [0.25, 0.3) is 5.91 Å². The van der Waals surface area contributed by atoms with Crippen LogP contribution in [0, 0.1) is 0 Å². The van der Waals surface area contributed by atoms with Crippen LogP contribution in [-0.2, 0) is 9.53 Å². The summed E-state index contributed by atoms with van der Waals surface area (Å²) in [5.74, 6) is -0.0216. The summed E-state index contributed by atoms with van der Waals surface area (Å²) in [5.41, 5.74) is 1.85. The molecule has 1 aromatic heterocycles. The van der Waals surface area contributed by atoms with E-state index in [1.807, 2.05) is 55.6 Å². The van der Waals surface area contributed by atoms with Gasteiger partial charge in [0.1, 0.15) is 0 Å². The minimum atomic E-state index is -0.0216. The number of hydrogen-bond donors (Lipinski definition) is 0. The van der Waals surface area contributed by atoms with Gasteiger partial charge in [-0.15, -0.1) is 0 Å². The van der Waals surface area contributed by atoms with E-state index in [0.29, 0.717) is 35.9 Å². The van der Waals surface area contributed by atoms with Crippen molar-refractivity contribution in [1.82, 2.24) is 9.47 Å². The largest absolute Gasteiger partial charge is 0.380 e. The molecule has 1 aromatic carbocycles. The molecule has 0 N–H and O–H groups in total. The molecule has 0 aliphatic carbocycles. The third kappa shape index (κ3) is 4.90. The van der Waals surface area contributed by atoms with Gasteiger partial charge in [-0.2, -0.15) is 0 Å². The molecule has 0 unspecified atom stereocenters. The molecule has 1 fully saturated rings. The van der Waals surface area contributed by atoms with Crippen molar-refractivity contribution in [1.29, 1.82) is 0 Å². The van der Waals surface area contributed by atoms with Crippen LogP contribution in [0.3, 0.4) is 0 Å². The van der Waals surface area contributed by atoms with Gasteiger partial charge in [-0.25, -0.2) is 4.99 Å². The fraction of sp³-hybridized carbons (Fsp3) is 0.333. The first-order valence-electron chi connectivity index (χ1n) is 9.19. The Labute approximate surface area is 164 Å². The number of aliphatic imine (C=N–C) groups is 1. The lowest BCUT2D eigenvalue weighted by atomic mass is 10.3. The van der Waals surface area contributed by atoms with E-state index in [1.54, 1.807) is 4.90 Å². The number of thioether (sulfide) groups is 1. The van der Waals surface area contributed by atoms with Gasteiger partial charge >= 0.3 is 0 Å². The van der Waals surface area contributed by atoms with Gasteiger partial charge in [0, 0.05) is 25.0 Å². The topological polar surface area (TPSA) is 46.8 Å². The van der Waals surface area contributed by atoms with Crippen molar-refractivity contribution in [3.05, 3.63) is 59.3 Å². The van der Waals surface area contributed by atoms with Gasteiger partial charge in [-0.3, -0.25) is 9.69 Å². The van der Waals surface area contributed by atoms with Crippen molar-refractivity contribution in [2.75, 3.05) is 19.8 Å². The summed E-state index contributed by atoms with van der Waals surface area (Å²) in [7, 11) is 0. The number of para-hydroxylation sites is 1. The average molecular weight is 384 g/mol. The van der Waals surface area contributed by atoms with E-state index in [-0.39, 0.29) is 5.91 Å². The van der Waals surface area contributed by atoms with Crippen LogP contribution in [0.4, 0.5) is 5.69 Å². The molecule has 0 radical (unpaired) electrons. The van der Waals surface area contributed by atoms with Gasteiger partial charge in [-0.05, 0) is 62.4 Å². The quantitative estimate of drug-likeness (QED) is 0.514. The molecular weight excluding hydrogens is 358 g/mol. The standard InChI is InChI=1S/C21H25N3O2S/c1-4-26-13-12-24-20(25)19(14-17-10-11-23(15-17)16(2)3)27-21(24)22-18-8-6-5-7-9-18/h5-11,14-16H,4,12-13H2,1-3H3/b19-14+,22-21?. The molecule has 2 heterocycles. The van der Waals surface area contributed by atoms with E-state index in [1.165, 1.54) is 11.8 Å². The minimum absolute atomic E-state index is 0.0216. The summed E-state index contributed by atoms with van der Waals surface area (Å²) in [6, 6.07) is 12.1. The lowest BCUT2D eigenvalue weighted by Gasteiger charge is -2.15. The third-order valence-electron chi connectivity index (χ3n) is 4.16. The van der Waals surface area contributed by atoms with E-state index in [0.717, 1.165) is 11.3 Å². The van der Waals surface area contributed by atoms with Crippen LogP contribution < -0.4 is 0 Å². The highest BCUT2D eigenvalue weighted by atomic mass is 32.2. The molecular formula is C21H25N3O2S. The number of amidine groups is 1. The van der Waals surface area contributed by atoms with Crippen LogP contribution in [0.5, 0.6) is 0 Å². The van der Waals surface area contributed by atoms with Gasteiger partial charge in [0.2, 0.25) is 0 Å². The van der Waals surface area contributed by atoms with Crippen molar-refractivity contribution in [2.45, 2.75) is 26.8 Å². The van der Waals surface area contributed by atoms with Gasteiger partial charge in [0.15, 0.2) is 5.17 Å². The van der Waals surface area contributed by atoms with Crippen LogP contribution in [0.1, 0.15) is 32.4 Å². The summed E-state index contributed by atoms with van der Waals surface area (Å²) >= 11 is 1.41. The number of nitrogens with zero attached hydrogens (tertiary/aromatic N) is 3. The van der Waals surface area contributed by atoms with E-state index in [9.17, 15) is 4.79 Å². The number of rotatable bonds is 7. The molecule has 1 amide bonds. The maximum absolute atomic E-state index is 12.9. The molecule has 142 valence electrons. The number of benzene rings is 1. The van der Waals surface area contributed by atoms with Crippen LogP contribution in [0.25, 0.3) is 6.08 Å². The van der Waals surface area contributed by atoms with Crippen molar-refractivity contribution >= 4 is 34.6 Å². The van der Waals surface area contributed by atoms with Crippen LogP contribution in [-0.4, -0.2) is 40.3 Å². The molecule has 0 spiro atoms. The molecule has 1 aliphatic heterocycles. The van der Waals surface area contributed by atoms with Gasteiger partial charge < -0.3 is 9.30 Å². The maximum atomic E-state index is 12.9. The summed E-state index contributed by atoms with van der Waals surface area (Å²) in [6.07, 6.45) is 6.03. The monoisotopic (exact) mass is 383 g/mol. The van der Waals surface area contributed by atoms with Crippen molar-refractivity contribution in [3.63, 3.8) is 0 Å². The molecule has 0 saturated carbocycles. The van der Waals surface area contributed by atoms with Gasteiger partial charge in [-0.1, -0.05) is 18.2 Å². The van der Waals surface area contributed by atoms with Gasteiger partial charge in [0.05, 0.1) is 23.7 Å². The first kappa shape index (κ1) is 19.5. The minimum Gasteiger partial charge on any atom is -0.380 e. The second-order valence-corrected chi connectivity index (χ2v) is 7.49. The van der Waals surface area contributed by atoms with E-state index >= 15 is 0 Å². The predicted octanol–water partition coefficient (Wildman–Crippen LogP) is 4.71. The predicted molar refractivity (Wildman–Crippen MR) is 112 cm³/mol. The molecule has 0 bridgehead atoms. The SMILES string of the molecule is CCOCCN1C(=O)/C(=C\c2ccn(C(C)C)c2)SC1=Nc1ccccc1. The molecule has 3 rings (SSSR count). The Balaban J connectivity index is 1.86. The highest BCUT2D eigenvalue weighted by Gasteiger charge is 2.33. The van der Waals surface area contributed by atoms with E-state index < -0.39 is 0 Å². The second-order valence-electron chi connectivity index (χ2n) is 6.48. The maximum Gasteiger partial charge on any atom is 0.266 e. The Morgan fingerprint density at radius 3 is 2.67 bits per heavy atom. The molecule has 1 saturated heterocycles. The third-order valence-corrected chi connectivity index (χ3v) is 5.17. The molecule has 1 aliphatic rings. The molecule has 27 heavy (non-hydrogen) atoms. The highest BCUT2D eigenvalue weighted by molar-refractivity contribution is 8.18. The van der Waals surface area contributed by atoms with Crippen molar-refractivity contribution < 1.29 is 9.53 Å². The first-order chi connectivity index (χ1) is 13.1. The Bertz CT molecular complexity index is 840. The summed E-state index contributed by atoms with van der Waals surface area (Å²) < 4.78 is 7.57. The van der Waals surface area contributed by atoms with Crippen molar-refractivity contribution in [3.8, 4) is 0 Å². The molecule has 5 nitrogen and oxygen atoms in total. The zero-order valence-corrected chi connectivity index (χ0v) is 16.8. The van der Waals surface area contributed by atoms with Crippen LogP contribution in [0.2, 0.25) is 0 Å². The smallest absolute Gasteiger partial charge is 0.266 e. The number of hydrogen-bond acceptors (Lipinski definition) is 4. The lowest BCUT2D eigenvalue weighted by molar-refractivity contribution is -0.122. The molecule has 0 atom stereocenters. The Kier molecular flexibility index (Phi) is 6.53. The molecule has 6 heteroatoms. The van der Waals surface area contributed by atoms with Crippen LogP contribution >= 0.6 is 11.8 Å². The zero-order valence-electron chi connectivity index (χ0n) is 16.0. The Hall–Kier alpha value is -2.31. The summed E-state index contributed by atoms with van der Waals surface area (Å²) in [6.45, 7) is 7.83. The van der Waals surface area contributed by atoms with Crippen molar-refractivity contribution in [2.24, 2.45) is 4.99 Å². The fourth-order valence-electron chi connectivity index (χ4n) is 2.69. The Morgan fingerprint density at radius 1 is 1.22 bits per heavy atom. The number of amides is 1. The number of aromatic nitrogens is 1. The Morgan fingerprint density at radius 2 is 2.00 bits per heavy atom. The number of carbonyl (C=O) groups excluding carboxylic acids is 1. The molecule has 2 aromatic rings. The summed E-state index contributed by atoms with van der Waals surface area (Å²) in [5, 5.41) is 0.695. The zero-order chi connectivity index (χ0) is 19.2. The average Bonchev–Trinajstić information content (AvgIpc) is 3.23. The highest BCUT2D eigenvalue weighted by Crippen LogP contribution is 2.34. The number of ether oxygens (including phenoxy) is 1. The second kappa shape index (κ2) is 9.06. The first-order valence-corrected chi connectivity index (χ1v) is 10.0. The van der Waals surface area contributed by atoms with E-state index in [4.69, 9.17) is 4.74 Å². The fourth-order valence-corrected chi connectivity index (χ4v) is 3.71. The van der Waals surface area contributed by atoms with Crippen LogP contribution in [0.15, 0.2) is 58.7 Å². The normalized spacial score (nSPS) is 17.6. The van der Waals surface area contributed by atoms with E-state index in [2.05, 4.69) is 29.6 Å². The lowest BCUT2D eigenvalue weighted by Crippen LogP contribution is -2.32. The summed E-state index contributed by atoms with van der Waals surface area (Å²) in [4.78, 5) is 20.0.